The van der Waals surface area contributed by atoms with Crippen LogP contribution in [0.3, 0.4) is 0 Å². The van der Waals surface area contributed by atoms with Gasteiger partial charge < -0.3 is 15.4 Å². The fourth-order valence-corrected chi connectivity index (χ4v) is 2.90. The molecule has 1 unspecified atom stereocenters. The average Bonchev–Trinajstić information content (AvgIpc) is 2.89. The molecule has 4 heteroatoms. The van der Waals surface area contributed by atoms with Crippen molar-refractivity contribution < 1.29 is 5.11 Å². The first-order valence-corrected chi connectivity index (χ1v) is 6.81. The maximum Gasteiger partial charge on any atom is 0.129 e. The molecule has 0 spiro atoms. The highest BCUT2D eigenvalue weighted by molar-refractivity contribution is 5.76. The molecule has 2 heterocycles. The highest BCUT2D eigenvalue weighted by Crippen LogP contribution is 2.28. The highest BCUT2D eigenvalue weighted by Gasteiger charge is 2.23. The predicted molar refractivity (Wildman–Crippen MR) is 77.8 cm³/mol. The van der Waals surface area contributed by atoms with Crippen LogP contribution in [0.4, 0.5) is 0 Å². The molecule has 2 aromatic carbocycles. The van der Waals surface area contributed by atoms with Gasteiger partial charge in [-0.2, -0.15) is 0 Å². The Hall–Kier alpha value is -2.33. The molecule has 0 bridgehead atoms. The zero-order valence-corrected chi connectivity index (χ0v) is 10.9. The summed E-state index contributed by atoms with van der Waals surface area (Å²) in [6, 6.07) is 13.8. The Bertz CT molecular complexity index is 778. The van der Waals surface area contributed by atoms with Crippen molar-refractivity contribution in [2.24, 2.45) is 0 Å². The second kappa shape index (κ2) is 4.35. The van der Waals surface area contributed by atoms with Crippen LogP contribution in [0.25, 0.3) is 11.0 Å². The molecule has 0 aliphatic carbocycles. The van der Waals surface area contributed by atoms with Crippen molar-refractivity contribution in [2.45, 2.75) is 12.5 Å². The van der Waals surface area contributed by atoms with Gasteiger partial charge in [0.1, 0.15) is 11.6 Å². The van der Waals surface area contributed by atoms with Gasteiger partial charge in [0.15, 0.2) is 0 Å². The second-order valence-corrected chi connectivity index (χ2v) is 5.16. The van der Waals surface area contributed by atoms with Crippen LogP contribution in [0.15, 0.2) is 42.5 Å². The Morgan fingerprint density at radius 3 is 3.00 bits per heavy atom. The third-order valence-corrected chi connectivity index (χ3v) is 3.87. The summed E-state index contributed by atoms with van der Waals surface area (Å²) in [4.78, 5) is 7.96. The number of phenols is 1. The zero-order chi connectivity index (χ0) is 13.5. The number of benzene rings is 2. The monoisotopic (exact) mass is 265 g/mol. The summed E-state index contributed by atoms with van der Waals surface area (Å²) in [5.74, 6) is 1.16. The fraction of sp³-hybridized carbons (Fsp3) is 0.188. The average molecular weight is 265 g/mol. The summed E-state index contributed by atoms with van der Waals surface area (Å²) in [6.07, 6.45) is 1.05. The number of phenolic OH excluding ortho intramolecular Hbond substituents is 1. The summed E-state index contributed by atoms with van der Waals surface area (Å²) in [7, 11) is 0. The Morgan fingerprint density at radius 1 is 1.15 bits per heavy atom. The maximum absolute atomic E-state index is 9.54. The SMILES string of the molecule is Oc1ccc2nc(C3NCCc4ccccc43)[nH]c2c1. The second-order valence-electron chi connectivity index (χ2n) is 5.16. The van der Waals surface area contributed by atoms with E-state index in [4.69, 9.17) is 0 Å². The molecule has 4 nitrogen and oxygen atoms in total. The van der Waals surface area contributed by atoms with E-state index < -0.39 is 0 Å². The lowest BCUT2D eigenvalue weighted by Gasteiger charge is -2.25. The van der Waals surface area contributed by atoms with Crippen LogP contribution >= 0.6 is 0 Å². The maximum atomic E-state index is 9.54. The zero-order valence-electron chi connectivity index (χ0n) is 10.9. The lowest BCUT2D eigenvalue weighted by Crippen LogP contribution is -2.31. The first-order valence-electron chi connectivity index (χ1n) is 6.81. The Labute approximate surface area is 116 Å². The van der Waals surface area contributed by atoms with Crippen molar-refractivity contribution in [1.82, 2.24) is 15.3 Å². The number of aromatic amines is 1. The van der Waals surface area contributed by atoms with Crippen LogP contribution in [0.2, 0.25) is 0 Å². The first kappa shape index (κ1) is 11.5. The number of imidazole rings is 1. The van der Waals surface area contributed by atoms with Crippen molar-refractivity contribution in [1.29, 1.82) is 0 Å². The van der Waals surface area contributed by atoms with Crippen molar-refractivity contribution >= 4 is 11.0 Å². The minimum Gasteiger partial charge on any atom is -0.508 e. The van der Waals surface area contributed by atoms with Crippen LogP contribution < -0.4 is 5.32 Å². The van der Waals surface area contributed by atoms with Crippen molar-refractivity contribution in [3.63, 3.8) is 0 Å². The predicted octanol–water partition coefficient (Wildman–Crippen LogP) is 2.50. The van der Waals surface area contributed by atoms with Gasteiger partial charge in [-0.05, 0) is 29.7 Å². The number of fused-ring (bicyclic) bond motifs is 2. The van der Waals surface area contributed by atoms with Crippen LogP contribution in [-0.4, -0.2) is 21.6 Å². The van der Waals surface area contributed by atoms with E-state index >= 15 is 0 Å². The van der Waals surface area contributed by atoms with E-state index in [9.17, 15) is 5.11 Å². The number of H-pyrrole nitrogens is 1. The number of nitrogens with one attached hydrogen (secondary N) is 2. The molecular formula is C16H15N3O. The molecule has 20 heavy (non-hydrogen) atoms. The lowest BCUT2D eigenvalue weighted by molar-refractivity contribution is 0.476. The van der Waals surface area contributed by atoms with Crippen LogP contribution in [0.5, 0.6) is 5.75 Å². The van der Waals surface area contributed by atoms with Gasteiger partial charge in [0.05, 0.1) is 17.1 Å². The third-order valence-electron chi connectivity index (χ3n) is 3.87. The molecule has 0 saturated heterocycles. The highest BCUT2D eigenvalue weighted by atomic mass is 16.3. The van der Waals surface area contributed by atoms with Crippen molar-refractivity contribution in [3.8, 4) is 5.75 Å². The molecule has 1 aliphatic heterocycles. The smallest absolute Gasteiger partial charge is 0.129 e. The van der Waals surface area contributed by atoms with Crippen molar-refractivity contribution in [2.75, 3.05) is 6.54 Å². The van der Waals surface area contributed by atoms with Gasteiger partial charge in [-0.3, -0.25) is 0 Å². The van der Waals surface area contributed by atoms with E-state index in [1.165, 1.54) is 11.1 Å². The molecule has 0 saturated carbocycles. The van der Waals surface area contributed by atoms with E-state index in [0.29, 0.717) is 0 Å². The van der Waals surface area contributed by atoms with E-state index in [1.807, 2.05) is 6.07 Å². The summed E-state index contributed by atoms with van der Waals surface area (Å²) in [5, 5.41) is 13.1. The molecule has 1 atom stereocenters. The summed E-state index contributed by atoms with van der Waals surface area (Å²) < 4.78 is 0. The quantitative estimate of drug-likeness (QED) is 0.633. The molecule has 0 amide bonds. The first-order chi connectivity index (χ1) is 9.81. The normalized spacial score (nSPS) is 18.1. The number of rotatable bonds is 1. The van der Waals surface area contributed by atoms with Crippen molar-refractivity contribution in [3.05, 3.63) is 59.4 Å². The van der Waals surface area contributed by atoms with E-state index in [-0.39, 0.29) is 11.8 Å². The van der Waals surface area contributed by atoms with Gasteiger partial charge in [-0.1, -0.05) is 24.3 Å². The molecule has 3 aromatic rings. The van der Waals surface area contributed by atoms with Crippen LogP contribution in [-0.2, 0) is 6.42 Å². The molecular weight excluding hydrogens is 250 g/mol. The molecule has 0 fully saturated rings. The summed E-state index contributed by atoms with van der Waals surface area (Å²) in [6.45, 7) is 0.948. The summed E-state index contributed by atoms with van der Waals surface area (Å²) in [5.41, 5.74) is 4.40. The van der Waals surface area contributed by atoms with Crippen LogP contribution in [0.1, 0.15) is 23.0 Å². The minimum absolute atomic E-state index is 0.0921. The number of aromatic nitrogens is 2. The molecule has 1 aliphatic rings. The van der Waals surface area contributed by atoms with Crippen LogP contribution in [0, 0.1) is 0 Å². The topological polar surface area (TPSA) is 60.9 Å². The Kier molecular flexibility index (Phi) is 2.50. The van der Waals surface area contributed by atoms with E-state index in [1.54, 1.807) is 12.1 Å². The number of hydrogen-bond donors (Lipinski definition) is 3. The number of nitrogens with zero attached hydrogens (tertiary/aromatic N) is 1. The lowest BCUT2D eigenvalue weighted by atomic mass is 9.94. The largest absolute Gasteiger partial charge is 0.508 e. The van der Waals surface area contributed by atoms with Gasteiger partial charge in [0.25, 0.3) is 0 Å². The Morgan fingerprint density at radius 2 is 2.05 bits per heavy atom. The Balaban J connectivity index is 1.84. The number of hydrogen-bond acceptors (Lipinski definition) is 3. The van der Waals surface area contributed by atoms with E-state index in [2.05, 4.69) is 39.6 Å². The van der Waals surface area contributed by atoms with Gasteiger partial charge in [0.2, 0.25) is 0 Å². The number of aromatic hydroxyl groups is 1. The summed E-state index contributed by atoms with van der Waals surface area (Å²) >= 11 is 0. The molecule has 4 rings (SSSR count). The third kappa shape index (κ3) is 1.77. The molecule has 3 N–H and O–H groups in total. The minimum atomic E-state index is 0.0921. The standard InChI is InChI=1S/C16H15N3O/c20-11-5-6-13-14(9-11)19-16(18-13)15-12-4-2-1-3-10(12)7-8-17-15/h1-6,9,15,17,20H,7-8H2,(H,18,19). The molecule has 100 valence electrons. The fourth-order valence-electron chi connectivity index (χ4n) is 2.90. The van der Waals surface area contributed by atoms with E-state index in [0.717, 1.165) is 29.8 Å². The van der Waals surface area contributed by atoms with Gasteiger partial charge >= 0.3 is 0 Å². The van der Waals surface area contributed by atoms with Gasteiger partial charge in [-0.15, -0.1) is 0 Å². The van der Waals surface area contributed by atoms with Gasteiger partial charge in [0, 0.05) is 12.6 Å². The molecule has 0 radical (unpaired) electrons. The molecule has 1 aromatic heterocycles. The van der Waals surface area contributed by atoms with Gasteiger partial charge in [-0.25, -0.2) is 4.98 Å².